The topological polar surface area (TPSA) is 52.9 Å². The summed E-state index contributed by atoms with van der Waals surface area (Å²) < 4.78 is 0.897. The number of carbonyl (C=O) groups is 1. The van der Waals surface area contributed by atoms with Gasteiger partial charge in [0.25, 0.3) is 0 Å². The zero-order valence-electron chi connectivity index (χ0n) is 10.2. The molecule has 0 fully saturated rings. The molecule has 0 radical (unpaired) electrons. The van der Waals surface area contributed by atoms with E-state index in [0.29, 0.717) is 6.42 Å². The van der Waals surface area contributed by atoms with Gasteiger partial charge in [0, 0.05) is 10.2 Å². The van der Waals surface area contributed by atoms with Crippen LogP contribution in [0.5, 0.6) is 0 Å². The lowest BCUT2D eigenvalue weighted by atomic mass is 9.88. The van der Waals surface area contributed by atoms with Gasteiger partial charge in [-0.1, -0.05) is 28.9 Å². The van der Waals surface area contributed by atoms with Crippen molar-refractivity contribution in [2.75, 3.05) is 5.32 Å². The first-order chi connectivity index (χ1) is 7.92. The van der Waals surface area contributed by atoms with E-state index < -0.39 is 5.41 Å². The van der Waals surface area contributed by atoms with Gasteiger partial charge in [0.05, 0.1) is 6.07 Å². The van der Waals surface area contributed by atoms with Crippen LogP contribution in [0.2, 0.25) is 0 Å². The van der Waals surface area contributed by atoms with Crippen LogP contribution in [-0.2, 0) is 4.79 Å². The van der Waals surface area contributed by atoms with E-state index in [-0.39, 0.29) is 5.91 Å². The van der Waals surface area contributed by atoms with E-state index in [9.17, 15) is 4.79 Å². The van der Waals surface area contributed by atoms with Gasteiger partial charge in [-0.05, 0) is 38.0 Å². The van der Waals surface area contributed by atoms with Gasteiger partial charge in [0.15, 0.2) is 0 Å². The van der Waals surface area contributed by atoms with Crippen LogP contribution in [0.3, 0.4) is 0 Å². The van der Waals surface area contributed by atoms with Crippen LogP contribution in [0.25, 0.3) is 0 Å². The van der Waals surface area contributed by atoms with E-state index >= 15 is 0 Å². The minimum Gasteiger partial charge on any atom is -0.324 e. The van der Waals surface area contributed by atoms with Gasteiger partial charge in [0.1, 0.15) is 5.41 Å². The first-order valence-electron chi connectivity index (χ1n) is 5.42. The molecule has 1 amide bonds. The van der Waals surface area contributed by atoms with Crippen molar-refractivity contribution in [2.45, 2.75) is 27.2 Å². The standard InChI is InChI=1S/C13H15BrN2O/c1-4-13(3,8-15)12(17)16-11-7-10(14)6-5-9(11)2/h5-7H,4H2,1-3H3,(H,16,17). The number of aryl methyl sites for hydroxylation is 1. The Hall–Kier alpha value is -1.34. The van der Waals surface area contributed by atoms with Crippen molar-refractivity contribution in [1.29, 1.82) is 5.26 Å². The summed E-state index contributed by atoms with van der Waals surface area (Å²) in [5, 5.41) is 11.8. The number of carbonyl (C=O) groups excluding carboxylic acids is 1. The van der Waals surface area contributed by atoms with Crippen LogP contribution in [0, 0.1) is 23.7 Å². The zero-order chi connectivity index (χ0) is 13.1. The molecular weight excluding hydrogens is 280 g/mol. The molecule has 0 aliphatic rings. The van der Waals surface area contributed by atoms with Crippen molar-refractivity contribution < 1.29 is 4.79 Å². The predicted octanol–water partition coefficient (Wildman–Crippen LogP) is 3.64. The van der Waals surface area contributed by atoms with Crippen LogP contribution in [0.15, 0.2) is 22.7 Å². The molecule has 0 heterocycles. The third-order valence-electron chi connectivity index (χ3n) is 2.90. The molecule has 0 saturated carbocycles. The zero-order valence-corrected chi connectivity index (χ0v) is 11.8. The lowest BCUT2D eigenvalue weighted by Gasteiger charge is -2.19. The summed E-state index contributed by atoms with van der Waals surface area (Å²) in [4.78, 5) is 12.0. The summed E-state index contributed by atoms with van der Waals surface area (Å²) in [5.41, 5.74) is 0.728. The normalized spacial score (nSPS) is 13.6. The maximum Gasteiger partial charge on any atom is 0.244 e. The van der Waals surface area contributed by atoms with Crippen LogP contribution in [0.4, 0.5) is 5.69 Å². The summed E-state index contributed by atoms with van der Waals surface area (Å²) in [6, 6.07) is 7.72. The lowest BCUT2D eigenvalue weighted by molar-refractivity contribution is -0.122. The maximum absolute atomic E-state index is 12.0. The average Bonchev–Trinajstić information content (AvgIpc) is 2.32. The number of anilines is 1. The summed E-state index contributed by atoms with van der Waals surface area (Å²) in [6.45, 7) is 5.39. The van der Waals surface area contributed by atoms with Gasteiger partial charge in [-0.2, -0.15) is 5.26 Å². The monoisotopic (exact) mass is 294 g/mol. The number of hydrogen-bond acceptors (Lipinski definition) is 2. The predicted molar refractivity (Wildman–Crippen MR) is 71.5 cm³/mol. The van der Waals surface area contributed by atoms with Crippen LogP contribution >= 0.6 is 15.9 Å². The van der Waals surface area contributed by atoms with E-state index in [2.05, 4.69) is 27.3 Å². The van der Waals surface area contributed by atoms with Gasteiger partial charge in [0.2, 0.25) is 5.91 Å². The highest BCUT2D eigenvalue weighted by molar-refractivity contribution is 9.10. The molecule has 0 aromatic heterocycles. The van der Waals surface area contributed by atoms with E-state index in [1.54, 1.807) is 6.92 Å². The Labute approximate surface area is 110 Å². The molecule has 0 bridgehead atoms. The molecule has 1 atom stereocenters. The van der Waals surface area contributed by atoms with Crippen molar-refractivity contribution in [3.8, 4) is 6.07 Å². The Morgan fingerprint density at radius 3 is 2.76 bits per heavy atom. The minimum atomic E-state index is -0.977. The number of nitrogens with zero attached hydrogens (tertiary/aromatic N) is 1. The van der Waals surface area contributed by atoms with E-state index in [1.807, 2.05) is 32.0 Å². The lowest BCUT2D eigenvalue weighted by Crippen LogP contribution is -2.31. The van der Waals surface area contributed by atoms with Crippen molar-refractivity contribution in [1.82, 2.24) is 0 Å². The average molecular weight is 295 g/mol. The van der Waals surface area contributed by atoms with Gasteiger partial charge in [-0.3, -0.25) is 4.79 Å². The summed E-state index contributed by atoms with van der Waals surface area (Å²) in [6.07, 6.45) is 0.488. The second-order valence-electron chi connectivity index (χ2n) is 4.21. The molecule has 0 aliphatic heterocycles. The molecule has 17 heavy (non-hydrogen) atoms. The van der Waals surface area contributed by atoms with Gasteiger partial charge < -0.3 is 5.32 Å². The summed E-state index contributed by atoms with van der Waals surface area (Å²) >= 11 is 3.35. The molecular formula is C13H15BrN2O. The van der Waals surface area contributed by atoms with Gasteiger partial charge >= 0.3 is 0 Å². The first-order valence-corrected chi connectivity index (χ1v) is 6.21. The third-order valence-corrected chi connectivity index (χ3v) is 3.40. The Morgan fingerprint density at radius 1 is 1.59 bits per heavy atom. The molecule has 1 aromatic carbocycles. The highest BCUT2D eigenvalue weighted by Crippen LogP contribution is 2.25. The maximum atomic E-state index is 12.0. The number of hydrogen-bond donors (Lipinski definition) is 1. The number of benzene rings is 1. The highest BCUT2D eigenvalue weighted by Gasteiger charge is 2.31. The second kappa shape index (κ2) is 5.33. The number of halogens is 1. The number of nitrogens with one attached hydrogen (secondary N) is 1. The number of rotatable bonds is 3. The molecule has 1 rings (SSSR count). The van der Waals surface area contributed by atoms with E-state index in [1.165, 1.54) is 0 Å². The molecule has 3 nitrogen and oxygen atoms in total. The molecule has 0 aliphatic carbocycles. The molecule has 90 valence electrons. The number of nitriles is 1. The largest absolute Gasteiger partial charge is 0.324 e. The van der Waals surface area contributed by atoms with Crippen molar-refractivity contribution in [2.24, 2.45) is 5.41 Å². The first kappa shape index (κ1) is 13.7. The summed E-state index contributed by atoms with van der Waals surface area (Å²) in [7, 11) is 0. The van der Waals surface area contributed by atoms with Crippen LogP contribution < -0.4 is 5.32 Å². The second-order valence-corrected chi connectivity index (χ2v) is 5.13. The fourth-order valence-corrected chi connectivity index (χ4v) is 1.64. The Morgan fingerprint density at radius 2 is 2.24 bits per heavy atom. The van der Waals surface area contributed by atoms with Crippen molar-refractivity contribution >= 4 is 27.5 Å². The molecule has 1 aromatic rings. The van der Waals surface area contributed by atoms with E-state index in [0.717, 1.165) is 15.7 Å². The van der Waals surface area contributed by atoms with Crippen LogP contribution in [0.1, 0.15) is 25.8 Å². The van der Waals surface area contributed by atoms with Gasteiger partial charge in [-0.25, -0.2) is 0 Å². The molecule has 0 spiro atoms. The quantitative estimate of drug-likeness (QED) is 0.925. The Kier molecular flexibility index (Phi) is 4.30. The summed E-state index contributed by atoms with van der Waals surface area (Å²) in [5.74, 6) is -0.260. The Balaban J connectivity index is 2.96. The van der Waals surface area contributed by atoms with Crippen LogP contribution in [-0.4, -0.2) is 5.91 Å². The molecule has 1 unspecified atom stereocenters. The molecule has 4 heteroatoms. The SMILES string of the molecule is CCC(C)(C#N)C(=O)Nc1cc(Br)ccc1C. The van der Waals surface area contributed by atoms with Crippen molar-refractivity contribution in [3.05, 3.63) is 28.2 Å². The smallest absolute Gasteiger partial charge is 0.244 e. The minimum absolute atomic E-state index is 0.260. The Bertz CT molecular complexity index is 479. The number of amides is 1. The van der Waals surface area contributed by atoms with Gasteiger partial charge in [-0.15, -0.1) is 0 Å². The van der Waals surface area contributed by atoms with Crippen molar-refractivity contribution in [3.63, 3.8) is 0 Å². The van der Waals surface area contributed by atoms with E-state index in [4.69, 9.17) is 5.26 Å². The highest BCUT2D eigenvalue weighted by atomic mass is 79.9. The molecule has 1 N–H and O–H groups in total. The fraction of sp³-hybridized carbons (Fsp3) is 0.385. The third kappa shape index (κ3) is 3.07. The molecule has 0 saturated heterocycles. The fourth-order valence-electron chi connectivity index (χ4n) is 1.28.